The zero-order valence-electron chi connectivity index (χ0n) is 10.4. The van der Waals surface area contributed by atoms with Gasteiger partial charge >= 0.3 is 0 Å². The third kappa shape index (κ3) is 2.99. The van der Waals surface area contributed by atoms with E-state index in [4.69, 9.17) is 0 Å². The van der Waals surface area contributed by atoms with Crippen molar-refractivity contribution in [2.24, 2.45) is 5.92 Å². The maximum Gasteiger partial charge on any atom is 0.128 e. The Morgan fingerprint density at radius 2 is 2.12 bits per heavy atom. The van der Waals surface area contributed by atoms with E-state index in [2.05, 4.69) is 38.8 Å². The van der Waals surface area contributed by atoms with Crippen LogP contribution in [0.3, 0.4) is 0 Å². The second-order valence-electron chi connectivity index (χ2n) is 4.86. The Morgan fingerprint density at radius 3 is 2.65 bits per heavy atom. The van der Waals surface area contributed by atoms with Crippen LogP contribution in [0.5, 0.6) is 0 Å². The van der Waals surface area contributed by atoms with Gasteiger partial charge in [0.15, 0.2) is 0 Å². The van der Waals surface area contributed by atoms with Crippen LogP contribution in [0.2, 0.25) is 0 Å². The lowest BCUT2D eigenvalue weighted by Gasteiger charge is -2.34. The standard InChI is InChI=1S/C13H19BrN2O/c1-9-7-13(15-8-12(9)14)16-5-3-11(4-6-16)10(2)17/h7-8,10-11,17H,3-6H2,1-2H3/t10-/m0/s1. The first kappa shape index (κ1) is 12.8. The molecule has 0 aliphatic carbocycles. The lowest BCUT2D eigenvalue weighted by molar-refractivity contribution is 0.110. The molecule has 0 amide bonds. The molecule has 0 aromatic carbocycles. The van der Waals surface area contributed by atoms with Gasteiger partial charge in [0.05, 0.1) is 6.10 Å². The van der Waals surface area contributed by atoms with Crippen molar-refractivity contribution in [3.63, 3.8) is 0 Å². The number of aromatic nitrogens is 1. The molecule has 1 aromatic heterocycles. The summed E-state index contributed by atoms with van der Waals surface area (Å²) in [6, 6.07) is 2.12. The number of anilines is 1. The first-order valence-electron chi connectivity index (χ1n) is 6.13. The fraction of sp³-hybridized carbons (Fsp3) is 0.615. The average molecular weight is 299 g/mol. The lowest BCUT2D eigenvalue weighted by Crippen LogP contribution is -2.37. The molecule has 3 nitrogen and oxygen atoms in total. The number of hydrogen-bond acceptors (Lipinski definition) is 3. The predicted octanol–water partition coefficient (Wildman–Crippen LogP) is 2.75. The Bertz CT molecular complexity index is 387. The third-order valence-electron chi connectivity index (χ3n) is 3.58. The normalized spacial score (nSPS) is 19.4. The van der Waals surface area contributed by atoms with E-state index in [0.717, 1.165) is 36.2 Å². The number of aliphatic hydroxyl groups is 1. The number of hydrogen-bond donors (Lipinski definition) is 1. The zero-order chi connectivity index (χ0) is 12.4. The molecule has 0 bridgehead atoms. The minimum Gasteiger partial charge on any atom is -0.393 e. The molecule has 0 saturated carbocycles. The molecule has 0 spiro atoms. The molecule has 1 fully saturated rings. The summed E-state index contributed by atoms with van der Waals surface area (Å²) in [6.07, 6.45) is 3.78. The van der Waals surface area contributed by atoms with Crippen LogP contribution in [0.1, 0.15) is 25.3 Å². The Labute approximate surface area is 111 Å². The molecule has 1 aromatic rings. The molecule has 1 atom stereocenters. The van der Waals surface area contributed by atoms with E-state index in [1.807, 2.05) is 13.1 Å². The van der Waals surface area contributed by atoms with Crippen molar-refractivity contribution < 1.29 is 5.11 Å². The summed E-state index contributed by atoms with van der Waals surface area (Å²) in [7, 11) is 0. The fourth-order valence-electron chi connectivity index (χ4n) is 2.31. The van der Waals surface area contributed by atoms with Crippen molar-refractivity contribution in [3.05, 3.63) is 22.3 Å². The van der Waals surface area contributed by atoms with Crippen LogP contribution >= 0.6 is 15.9 Å². The number of halogens is 1. The van der Waals surface area contributed by atoms with E-state index in [-0.39, 0.29) is 6.10 Å². The van der Waals surface area contributed by atoms with Gasteiger partial charge in [0, 0.05) is 23.8 Å². The highest BCUT2D eigenvalue weighted by Gasteiger charge is 2.23. The zero-order valence-corrected chi connectivity index (χ0v) is 11.9. The van der Waals surface area contributed by atoms with Crippen molar-refractivity contribution in [1.29, 1.82) is 0 Å². The first-order valence-corrected chi connectivity index (χ1v) is 6.92. The van der Waals surface area contributed by atoms with Gasteiger partial charge in [0.25, 0.3) is 0 Å². The number of piperidine rings is 1. The summed E-state index contributed by atoms with van der Waals surface area (Å²) in [6.45, 7) is 5.95. The molecule has 1 aliphatic heterocycles. The van der Waals surface area contributed by atoms with Gasteiger partial charge in [-0.15, -0.1) is 0 Å². The highest BCUT2D eigenvalue weighted by atomic mass is 79.9. The Hall–Kier alpha value is -0.610. The van der Waals surface area contributed by atoms with E-state index >= 15 is 0 Å². The Morgan fingerprint density at radius 1 is 1.47 bits per heavy atom. The highest BCUT2D eigenvalue weighted by Crippen LogP contribution is 2.26. The summed E-state index contributed by atoms with van der Waals surface area (Å²) in [4.78, 5) is 6.75. The fourth-order valence-corrected chi connectivity index (χ4v) is 2.53. The van der Waals surface area contributed by atoms with Crippen LogP contribution < -0.4 is 4.90 Å². The van der Waals surface area contributed by atoms with Gasteiger partial charge in [-0.2, -0.15) is 0 Å². The van der Waals surface area contributed by atoms with E-state index in [1.54, 1.807) is 0 Å². The molecule has 0 unspecified atom stereocenters. The second-order valence-corrected chi connectivity index (χ2v) is 5.71. The van der Waals surface area contributed by atoms with Crippen molar-refractivity contribution >= 4 is 21.7 Å². The first-order chi connectivity index (χ1) is 8.08. The van der Waals surface area contributed by atoms with Crippen molar-refractivity contribution in [2.75, 3.05) is 18.0 Å². The summed E-state index contributed by atoms with van der Waals surface area (Å²) >= 11 is 3.47. The van der Waals surface area contributed by atoms with Gasteiger partial charge in [0.1, 0.15) is 5.82 Å². The molecule has 94 valence electrons. The van der Waals surface area contributed by atoms with Crippen LogP contribution in [-0.2, 0) is 0 Å². The minimum absolute atomic E-state index is 0.184. The Kier molecular flexibility index (Phi) is 4.05. The molecular weight excluding hydrogens is 280 g/mol. The molecule has 1 aliphatic rings. The maximum atomic E-state index is 9.57. The molecule has 1 N–H and O–H groups in total. The van der Waals surface area contributed by atoms with Crippen molar-refractivity contribution in [3.8, 4) is 0 Å². The predicted molar refractivity (Wildman–Crippen MR) is 73.3 cm³/mol. The number of nitrogens with zero attached hydrogens (tertiary/aromatic N) is 2. The van der Waals surface area contributed by atoms with Crippen LogP contribution in [0.15, 0.2) is 16.7 Å². The number of pyridine rings is 1. The van der Waals surface area contributed by atoms with Gasteiger partial charge in [-0.1, -0.05) is 0 Å². The van der Waals surface area contributed by atoms with Crippen LogP contribution in [0.25, 0.3) is 0 Å². The molecular formula is C13H19BrN2O. The van der Waals surface area contributed by atoms with Gasteiger partial charge in [-0.05, 0) is 60.2 Å². The minimum atomic E-state index is -0.184. The average Bonchev–Trinajstić information content (AvgIpc) is 2.33. The number of aryl methyl sites for hydroxylation is 1. The number of aliphatic hydroxyl groups excluding tert-OH is 1. The summed E-state index contributed by atoms with van der Waals surface area (Å²) in [5, 5.41) is 9.57. The quantitative estimate of drug-likeness (QED) is 0.912. The van der Waals surface area contributed by atoms with Crippen molar-refractivity contribution in [2.45, 2.75) is 32.8 Å². The van der Waals surface area contributed by atoms with Gasteiger partial charge in [-0.3, -0.25) is 0 Å². The Balaban J connectivity index is 2.03. The van der Waals surface area contributed by atoms with E-state index < -0.39 is 0 Å². The maximum absolute atomic E-state index is 9.57. The van der Waals surface area contributed by atoms with E-state index in [9.17, 15) is 5.11 Å². The van der Waals surface area contributed by atoms with Gasteiger partial charge in [0.2, 0.25) is 0 Å². The van der Waals surface area contributed by atoms with Crippen molar-refractivity contribution in [1.82, 2.24) is 4.98 Å². The topological polar surface area (TPSA) is 36.4 Å². The lowest BCUT2D eigenvalue weighted by atomic mass is 9.92. The third-order valence-corrected chi connectivity index (χ3v) is 4.41. The monoisotopic (exact) mass is 298 g/mol. The molecule has 17 heavy (non-hydrogen) atoms. The summed E-state index contributed by atoms with van der Waals surface area (Å²) < 4.78 is 1.06. The van der Waals surface area contributed by atoms with Gasteiger partial charge < -0.3 is 10.0 Å². The van der Waals surface area contributed by atoms with Crippen LogP contribution in [0.4, 0.5) is 5.82 Å². The summed E-state index contributed by atoms with van der Waals surface area (Å²) in [5.74, 6) is 1.50. The summed E-state index contributed by atoms with van der Waals surface area (Å²) in [5.41, 5.74) is 1.22. The highest BCUT2D eigenvalue weighted by molar-refractivity contribution is 9.10. The van der Waals surface area contributed by atoms with Gasteiger partial charge in [-0.25, -0.2) is 4.98 Å². The smallest absolute Gasteiger partial charge is 0.128 e. The molecule has 2 rings (SSSR count). The molecule has 1 saturated heterocycles. The molecule has 4 heteroatoms. The molecule has 2 heterocycles. The van der Waals surface area contributed by atoms with Crippen LogP contribution in [0, 0.1) is 12.8 Å². The number of rotatable bonds is 2. The van der Waals surface area contributed by atoms with Crippen LogP contribution in [-0.4, -0.2) is 29.3 Å². The molecule has 0 radical (unpaired) electrons. The second kappa shape index (κ2) is 5.36. The largest absolute Gasteiger partial charge is 0.393 e. The SMILES string of the molecule is Cc1cc(N2CCC([C@H](C)O)CC2)ncc1Br. The van der Waals surface area contributed by atoms with E-state index in [0.29, 0.717) is 5.92 Å². The van der Waals surface area contributed by atoms with E-state index in [1.165, 1.54) is 5.56 Å².